The van der Waals surface area contributed by atoms with E-state index >= 15 is 0 Å². The van der Waals surface area contributed by atoms with Gasteiger partial charge in [0, 0.05) is 32.5 Å². The largest absolute Gasteiger partial charge is 0.395 e. The van der Waals surface area contributed by atoms with E-state index in [0.29, 0.717) is 13.1 Å². The van der Waals surface area contributed by atoms with Gasteiger partial charge in [0.15, 0.2) is 0 Å². The van der Waals surface area contributed by atoms with Crippen LogP contribution < -0.4 is 5.73 Å². The monoisotopic (exact) mass is 291 g/mol. The first-order chi connectivity index (χ1) is 9.96. The van der Waals surface area contributed by atoms with Crippen molar-refractivity contribution in [2.45, 2.75) is 18.5 Å². The first-order valence-corrected chi connectivity index (χ1v) is 7.26. The molecule has 5 nitrogen and oxygen atoms in total. The molecule has 0 aromatic carbocycles. The molecule has 1 aliphatic carbocycles. The van der Waals surface area contributed by atoms with Crippen LogP contribution in [0.5, 0.6) is 0 Å². The molecular weight excluding hydrogens is 266 g/mol. The molecule has 1 aromatic heterocycles. The Kier molecular flexibility index (Phi) is 5.00. The molecule has 2 atom stereocenters. The highest BCUT2D eigenvalue weighted by Crippen LogP contribution is 2.30. The van der Waals surface area contributed by atoms with Gasteiger partial charge >= 0.3 is 0 Å². The molecule has 2 rings (SSSR count). The molecule has 0 aliphatic heterocycles. The fraction of sp³-hybridized carbons (Fsp3) is 0.500. The van der Waals surface area contributed by atoms with Crippen LogP contribution >= 0.6 is 0 Å². The van der Waals surface area contributed by atoms with E-state index in [1.54, 1.807) is 0 Å². The number of aliphatic hydroxyl groups is 2. The maximum Gasteiger partial charge on any atom is 0.0558 e. The van der Waals surface area contributed by atoms with Crippen molar-refractivity contribution in [2.75, 3.05) is 26.3 Å². The van der Waals surface area contributed by atoms with Gasteiger partial charge in [-0.3, -0.25) is 4.90 Å². The van der Waals surface area contributed by atoms with Crippen molar-refractivity contribution in [3.05, 3.63) is 42.3 Å². The highest BCUT2D eigenvalue weighted by Gasteiger charge is 2.28. The van der Waals surface area contributed by atoms with Gasteiger partial charge in [0.1, 0.15) is 0 Å². The molecule has 1 aromatic rings. The summed E-state index contributed by atoms with van der Waals surface area (Å²) in [6, 6.07) is 2.08. The summed E-state index contributed by atoms with van der Waals surface area (Å²) in [6.07, 6.45) is 10.2. The average Bonchev–Trinajstić information content (AvgIpc) is 2.84. The standard InChI is InChI=1S/C16H25N3O2/c1-16(17)5-3-15(19(7-9-20)8-10-21)14(11-16)13-4-6-18(2)12-13/h3-6,11-12,15,20-21H,7-10,17H2,1-2H3. The fourth-order valence-electron chi connectivity index (χ4n) is 2.76. The quantitative estimate of drug-likeness (QED) is 0.661. The molecule has 0 fully saturated rings. The second kappa shape index (κ2) is 6.58. The Balaban J connectivity index is 2.36. The summed E-state index contributed by atoms with van der Waals surface area (Å²) in [5.74, 6) is 0. The smallest absolute Gasteiger partial charge is 0.0558 e. The fourth-order valence-corrected chi connectivity index (χ4v) is 2.76. The molecule has 0 amide bonds. The van der Waals surface area contributed by atoms with Gasteiger partial charge in [-0.05, 0) is 24.1 Å². The van der Waals surface area contributed by atoms with Crippen LogP contribution in [0.1, 0.15) is 12.5 Å². The molecule has 116 valence electrons. The van der Waals surface area contributed by atoms with Crippen molar-refractivity contribution < 1.29 is 10.2 Å². The average molecular weight is 291 g/mol. The number of aliphatic hydroxyl groups excluding tert-OH is 2. The molecule has 0 spiro atoms. The third kappa shape index (κ3) is 3.83. The van der Waals surface area contributed by atoms with E-state index in [2.05, 4.69) is 29.3 Å². The normalized spacial score (nSPS) is 25.4. The van der Waals surface area contributed by atoms with Gasteiger partial charge < -0.3 is 20.5 Å². The summed E-state index contributed by atoms with van der Waals surface area (Å²) >= 11 is 0. The van der Waals surface area contributed by atoms with Crippen LogP contribution in [0.4, 0.5) is 0 Å². The molecule has 5 heteroatoms. The first-order valence-electron chi connectivity index (χ1n) is 7.26. The molecule has 0 radical (unpaired) electrons. The minimum atomic E-state index is -0.480. The van der Waals surface area contributed by atoms with Gasteiger partial charge in [-0.2, -0.15) is 0 Å². The van der Waals surface area contributed by atoms with Crippen LogP contribution in [0.2, 0.25) is 0 Å². The van der Waals surface area contributed by atoms with Gasteiger partial charge in [-0.1, -0.05) is 18.2 Å². The van der Waals surface area contributed by atoms with Gasteiger partial charge in [0.25, 0.3) is 0 Å². The van der Waals surface area contributed by atoms with Crippen LogP contribution in [-0.4, -0.2) is 57.6 Å². The molecule has 1 heterocycles. The number of hydrogen-bond acceptors (Lipinski definition) is 4. The molecule has 4 N–H and O–H groups in total. The lowest BCUT2D eigenvalue weighted by Crippen LogP contribution is -2.43. The van der Waals surface area contributed by atoms with Crippen LogP contribution in [-0.2, 0) is 7.05 Å². The number of rotatable bonds is 6. The molecular formula is C16H25N3O2. The van der Waals surface area contributed by atoms with Crippen molar-refractivity contribution in [1.29, 1.82) is 0 Å². The summed E-state index contributed by atoms with van der Waals surface area (Å²) in [5, 5.41) is 18.5. The van der Waals surface area contributed by atoms with Crippen molar-refractivity contribution in [2.24, 2.45) is 12.8 Å². The van der Waals surface area contributed by atoms with Crippen molar-refractivity contribution in [3.8, 4) is 0 Å². The third-order valence-corrected chi connectivity index (χ3v) is 3.76. The second-order valence-electron chi connectivity index (χ2n) is 5.82. The number of aryl methyl sites for hydroxylation is 1. The molecule has 0 saturated heterocycles. The van der Waals surface area contributed by atoms with E-state index in [4.69, 9.17) is 5.73 Å². The van der Waals surface area contributed by atoms with Gasteiger partial charge in [0.2, 0.25) is 0 Å². The number of nitrogens with zero attached hydrogens (tertiary/aromatic N) is 2. The van der Waals surface area contributed by atoms with Crippen LogP contribution in [0, 0.1) is 0 Å². The van der Waals surface area contributed by atoms with Crippen LogP contribution in [0.3, 0.4) is 0 Å². The van der Waals surface area contributed by atoms with Gasteiger partial charge in [-0.15, -0.1) is 0 Å². The molecule has 2 unspecified atom stereocenters. The zero-order chi connectivity index (χ0) is 15.5. The predicted octanol–water partition coefficient (Wildman–Crippen LogP) is 0.351. The summed E-state index contributed by atoms with van der Waals surface area (Å²) < 4.78 is 2.00. The molecule has 1 aliphatic rings. The minimum Gasteiger partial charge on any atom is -0.395 e. The lowest BCUT2D eigenvalue weighted by atomic mass is 9.86. The summed E-state index contributed by atoms with van der Waals surface area (Å²) in [7, 11) is 1.98. The Morgan fingerprint density at radius 3 is 2.52 bits per heavy atom. The zero-order valence-electron chi connectivity index (χ0n) is 12.7. The summed E-state index contributed by atoms with van der Waals surface area (Å²) in [4.78, 5) is 2.06. The van der Waals surface area contributed by atoms with E-state index in [-0.39, 0.29) is 19.3 Å². The topological polar surface area (TPSA) is 74.7 Å². The van der Waals surface area contributed by atoms with Crippen LogP contribution in [0.25, 0.3) is 5.57 Å². The van der Waals surface area contributed by atoms with Crippen molar-refractivity contribution in [1.82, 2.24) is 9.47 Å². The Labute approximate surface area is 126 Å². The maximum atomic E-state index is 9.26. The first kappa shape index (κ1) is 16.0. The molecule has 0 bridgehead atoms. The zero-order valence-corrected chi connectivity index (χ0v) is 12.7. The highest BCUT2D eigenvalue weighted by atomic mass is 16.3. The Morgan fingerprint density at radius 1 is 1.33 bits per heavy atom. The van der Waals surface area contributed by atoms with E-state index < -0.39 is 5.54 Å². The van der Waals surface area contributed by atoms with Crippen LogP contribution in [0.15, 0.2) is 36.7 Å². The summed E-state index contributed by atoms with van der Waals surface area (Å²) in [5.41, 5.74) is 7.99. The summed E-state index contributed by atoms with van der Waals surface area (Å²) in [6.45, 7) is 3.12. The molecule has 0 saturated carbocycles. The lowest BCUT2D eigenvalue weighted by Gasteiger charge is -2.35. The molecule has 21 heavy (non-hydrogen) atoms. The SMILES string of the molecule is Cn1ccc(C2=CC(C)(N)C=CC2N(CCO)CCO)c1. The predicted molar refractivity (Wildman–Crippen MR) is 84.7 cm³/mol. The van der Waals surface area contributed by atoms with E-state index in [9.17, 15) is 10.2 Å². The number of nitrogens with two attached hydrogens (primary N) is 1. The second-order valence-corrected chi connectivity index (χ2v) is 5.82. The van der Waals surface area contributed by atoms with Gasteiger partial charge in [-0.25, -0.2) is 0 Å². The van der Waals surface area contributed by atoms with E-state index in [1.165, 1.54) is 0 Å². The van der Waals surface area contributed by atoms with Crippen molar-refractivity contribution >= 4 is 5.57 Å². The third-order valence-electron chi connectivity index (χ3n) is 3.76. The maximum absolute atomic E-state index is 9.26. The Bertz CT molecular complexity index is 525. The number of hydrogen-bond donors (Lipinski definition) is 3. The van der Waals surface area contributed by atoms with E-state index in [0.717, 1.165) is 11.1 Å². The van der Waals surface area contributed by atoms with Crippen molar-refractivity contribution in [3.63, 3.8) is 0 Å². The Hall–Kier alpha value is -1.40. The number of aromatic nitrogens is 1. The van der Waals surface area contributed by atoms with E-state index in [1.807, 2.05) is 30.8 Å². The van der Waals surface area contributed by atoms with Gasteiger partial charge in [0.05, 0.1) is 24.8 Å². The lowest BCUT2D eigenvalue weighted by molar-refractivity contribution is 0.155. The highest BCUT2D eigenvalue weighted by molar-refractivity contribution is 5.74. The minimum absolute atomic E-state index is 0.0170. The Morgan fingerprint density at radius 2 is 2.00 bits per heavy atom.